The van der Waals surface area contributed by atoms with Gasteiger partial charge < -0.3 is 4.74 Å². The lowest BCUT2D eigenvalue weighted by Crippen LogP contribution is -2.27. The summed E-state index contributed by atoms with van der Waals surface area (Å²) in [4.78, 5) is 36.5. The van der Waals surface area contributed by atoms with Crippen molar-refractivity contribution in [2.24, 2.45) is 0 Å². The molecule has 1 aliphatic rings. The number of hydrogen-bond donors (Lipinski definition) is 0. The van der Waals surface area contributed by atoms with E-state index in [1.807, 2.05) is 6.92 Å². The van der Waals surface area contributed by atoms with Crippen LogP contribution in [-0.4, -0.2) is 22.7 Å². The van der Waals surface area contributed by atoms with Crippen molar-refractivity contribution in [3.63, 3.8) is 0 Å². The molecule has 3 rings (SSSR count). The number of rotatable bonds is 5. The van der Waals surface area contributed by atoms with Crippen LogP contribution in [0.2, 0.25) is 0 Å². The number of ether oxygens (including phenoxy) is 1. The van der Waals surface area contributed by atoms with Crippen molar-refractivity contribution < 1.29 is 19.2 Å². The molecule has 0 aromatic heterocycles. The van der Waals surface area contributed by atoms with Crippen LogP contribution in [0.3, 0.4) is 0 Å². The van der Waals surface area contributed by atoms with E-state index in [0.29, 0.717) is 23.6 Å². The van der Waals surface area contributed by atoms with E-state index in [0.717, 1.165) is 16.7 Å². The van der Waals surface area contributed by atoms with Crippen LogP contribution in [0, 0.1) is 10.1 Å². The van der Waals surface area contributed by atoms with Gasteiger partial charge in [0, 0.05) is 12.1 Å². The maximum atomic E-state index is 12.6. The van der Waals surface area contributed by atoms with Gasteiger partial charge in [0.1, 0.15) is 5.75 Å². The summed E-state index contributed by atoms with van der Waals surface area (Å²) in [7, 11) is 0. The van der Waals surface area contributed by atoms with E-state index in [4.69, 9.17) is 4.74 Å². The molecule has 1 aliphatic heterocycles. The number of hydrogen-bond acceptors (Lipinski definition) is 6. The predicted molar refractivity (Wildman–Crippen MR) is 99.2 cm³/mol. The summed E-state index contributed by atoms with van der Waals surface area (Å²) in [5.74, 6) is 0.186. The van der Waals surface area contributed by atoms with Crippen LogP contribution in [0.1, 0.15) is 12.5 Å². The zero-order chi connectivity index (χ0) is 18.7. The lowest BCUT2D eigenvalue weighted by Gasteiger charge is -2.13. The van der Waals surface area contributed by atoms with Crippen molar-refractivity contribution >= 4 is 40.4 Å². The number of nitro benzene ring substituents is 1. The van der Waals surface area contributed by atoms with Crippen molar-refractivity contribution in [3.05, 3.63) is 69.1 Å². The number of carbonyl (C=O) groups is 2. The SMILES string of the molecule is CCOc1ccc(N2C(=O)S/C(=C\c3cccc([N+](=O)[O-])c3)C2=O)cc1. The summed E-state index contributed by atoms with van der Waals surface area (Å²) in [6.45, 7) is 2.38. The number of non-ortho nitro benzene ring substituents is 1. The molecule has 8 heteroatoms. The van der Waals surface area contributed by atoms with Gasteiger partial charge in [0.25, 0.3) is 16.8 Å². The van der Waals surface area contributed by atoms with Gasteiger partial charge in [-0.25, -0.2) is 4.90 Å². The van der Waals surface area contributed by atoms with Crippen LogP contribution in [0.4, 0.5) is 16.2 Å². The molecule has 26 heavy (non-hydrogen) atoms. The highest BCUT2D eigenvalue weighted by Crippen LogP contribution is 2.36. The zero-order valence-electron chi connectivity index (χ0n) is 13.7. The molecule has 132 valence electrons. The van der Waals surface area contributed by atoms with Gasteiger partial charge in [-0.1, -0.05) is 12.1 Å². The summed E-state index contributed by atoms with van der Waals surface area (Å²) < 4.78 is 5.35. The highest BCUT2D eigenvalue weighted by atomic mass is 32.2. The molecule has 0 unspecified atom stereocenters. The van der Waals surface area contributed by atoms with E-state index in [9.17, 15) is 19.7 Å². The number of benzene rings is 2. The van der Waals surface area contributed by atoms with Gasteiger partial charge in [0.05, 0.1) is 22.1 Å². The predicted octanol–water partition coefficient (Wildman–Crippen LogP) is 4.23. The van der Waals surface area contributed by atoms with Gasteiger partial charge in [0.2, 0.25) is 0 Å². The van der Waals surface area contributed by atoms with E-state index in [1.54, 1.807) is 30.3 Å². The van der Waals surface area contributed by atoms with Crippen LogP contribution in [0.5, 0.6) is 5.75 Å². The molecular formula is C18H14N2O5S. The number of imide groups is 1. The average molecular weight is 370 g/mol. The Bertz CT molecular complexity index is 908. The first kappa shape index (κ1) is 17.7. The Hall–Kier alpha value is -3.13. The van der Waals surface area contributed by atoms with Gasteiger partial charge in [-0.15, -0.1) is 0 Å². The van der Waals surface area contributed by atoms with Crippen LogP contribution >= 0.6 is 11.8 Å². The number of anilines is 1. The molecule has 2 aromatic rings. The lowest BCUT2D eigenvalue weighted by atomic mass is 10.2. The first-order valence-electron chi connectivity index (χ1n) is 7.75. The van der Waals surface area contributed by atoms with Crippen molar-refractivity contribution in [1.82, 2.24) is 0 Å². The number of carbonyl (C=O) groups excluding carboxylic acids is 2. The van der Waals surface area contributed by atoms with E-state index in [-0.39, 0.29) is 10.6 Å². The minimum absolute atomic E-state index is 0.0792. The molecule has 0 saturated carbocycles. The van der Waals surface area contributed by atoms with Gasteiger partial charge in [-0.2, -0.15) is 0 Å². The summed E-state index contributed by atoms with van der Waals surface area (Å²) in [6.07, 6.45) is 1.48. The Kier molecular flexibility index (Phi) is 5.04. The minimum atomic E-state index is -0.511. The summed E-state index contributed by atoms with van der Waals surface area (Å²) in [5.41, 5.74) is 0.847. The highest BCUT2D eigenvalue weighted by molar-refractivity contribution is 8.19. The van der Waals surface area contributed by atoms with Crippen molar-refractivity contribution in [3.8, 4) is 5.75 Å². The highest BCUT2D eigenvalue weighted by Gasteiger charge is 2.36. The topological polar surface area (TPSA) is 89.8 Å². The minimum Gasteiger partial charge on any atom is -0.494 e. The van der Waals surface area contributed by atoms with Gasteiger partial charge in [0.15, 0.2) is 0 Å². The van der Waals surface area contributed by atoms with Crippen LogP contribution in [-0.2, 0) is 4.79 Å². The third-order valence-electron chi connectivity index (χ3n) is 3.58. The van der Waals surface area contributed by atoms with E-state index >= 15 is 0 Å². The normalized spacial score (nSPS) is 15.6. The first-order chi connectivity index (χ1) is 12.5. The molecule has 0 bridgehead atoms. The molecule has 1 fully saturated rings. The molecule has 0 aliphatic carbocycles. The van der Waals surface area contributed by atoms with Gasteiger partial charge in [-0.3, -0.25) is 19.7 Å². The molecular weight excluding hydrogens is 356 g/mol. The monoisotopic (exact) mass is 370 g/mol. The molecule has 2 amide bonds. The van der Waals surface area contributed by atoms with Crippen LogP contribution < -0.4 is 9.64 Å². The number of thioether (sulfide) groups is 1. The fourth-order valence-electron chi connectivity index (χ4n) is 2.43. The van der Waals surface area contributed by atoms with Crippen LogP contribution in [0.15, 0.2) is 53.4 Å². The Morgan fingerprint density at radius 2 is 1.92 bits per heavy atom. The largest absolute Gasteiger partial charge is 0.494 e. The summed E-state index contributed by atoms with van der Waals surface area (Å²) in [5, 5.41) is 10.4. The molecule has 0 atom stereocenters. The molecule has 0 radical (unpaired) electrons. The lowest BCUT2D eigenvalue weighted by molar-refractivity contribution is -0.384. The van der Waals surface area contributed by atoms with Gasteiger partial charge >= 0.3 is 0 Å². The van der Waals surface area contributed by atoms with E-state index in [1.165, 1.54) is 24.3 Å². The Morgan fingerprint density at radius 1 is 1.19 bits per heavy atom. The molecule has 2 aromatic carbocycles. The maximum absolute atomic E-state index is 12.6. The molecule has 1 saturated heterocycles. The Balaban J connectivity index is 1.86. The van der Waals surface area contributed by atoms with Crippen molar-refractivity contribution in [2.75, 3.05) is 11.5 Å². The molecule has 0 N–H and O–H groups in total. The average Bonchev–Trinajstić information content (AvgIpc) is 2.90. The maximum Gasteiger partial charge on any atom is 0.298 e. The van der Waals surface area contributed by atoms with Crippen molar-refractivity contribution in [2.45, 2.75) is 6.92 Å². The third-order valence-corrected chi connectivity index (χ3v) is 4.45. The van der Waals surface area contributed by atoms with E-state index in [2.05, 4.69) is 0 Å². The summed E-state index contributed by atoms with van der Waals surface area (Å²) >= 11 is 0.798. The quantitative estimate of drug-likeness (QED) is 0.444. The second-order valence-electron chi connectivity index (χ2n) is 5.30. The fourth-order valence-corrected chi connectivity index (χ4v) is 3.27. The zero-order valence-corrected chi connectivity index (χ0v) is 14.6. The molecule has 0 spiro atoms. The first-order valence-corrected chi connectivity index (χ1v) is 8.56. The number of amides is 2. The van der Waals surface area contributed by atoms with Crippen molar-refractivity contribution in [1.29, 1.82) is 0 Å². The molecule has 7 nitrogen and oxygen atoms in total. The van der Waals surface area contributed by atoms with E-state index < -0.39 is 16.1 Å². The Labute approximate surface area is 153 Å². The smallest absolute Gasteiger partial charge is 0.298 e. The standard InChI is InChI=1S/C18H14N2O5S/c1-2-25-15-8-6-13(7-9-15)19-17(21)16(26-18(19)22)11-12-4-3-5-14(10-12)20(23)24/h3-11H,2H2,1H3/b16-11-. The van der Waals surface area contributed by atoms with Crippen LogP contribution in [0.25, 0.3) is 6.08 Å². The molecule has 1 heterocycles. The fraction of sp³-hybridized carbons (Fsp3) is 0.111. The summed E-state index contributed by atoms with van der Waals surface area (Å²) in [6, 6.07) is 12.5. The third kappa shape index (κ3) is 3.60. The second-order valence-corrected chi connectivity index (χ2v) is 6.29. The van der Waals surface area contributed by atoms with Gasteiger partial charge in [-0.05, 0) is 54.6 Å². The number of nitrogens with zero attached hydrogens (tertiary/aromatic N) is 2. The second kappa shape index (κ2) is 7.40. The number of nitro groups is 1. The Morgan fingerprint density at radius 3 is 2.58 bits per heavy atom.